The molecule has 0 bridgehead atoms. The maximum Gasteiger partial charge on any atom is 0.0177 e. The van der Waals surface area contributed by atoms with Crippen molar-refractivity contribution in [1.29, 1.82) is 0 Å². The minimum absolute atomic E-state index is 0.377. The number of rotatable bonds is 2. The second kappa shape index (κ2) is 5.11. The minimum Gasteiger partial charge on any atom is -0.327 e. The van der Waals surface area contributed by atoms with Gasteiger partial charge in [0, 0.05) is 10.5 Å². The lowest BCUT2D eigenvalue weighted by molar-refractivity contribution is 0.157. The van der Waals surface area contributed by atoms with Gasteiger partial charge in [-0.2, -0.15) is 0 Å². The Bertz CT molecular complexity index is 386. The van der Waals surface area contributed by atoms with Crippen LogP contribution in [0.5, 0.6) is 0 Å². The fourth-order valence-corrected chi connectivity index (χ4v) is 3.39. The van der Waals surface area contributed by atoms with Crippen molar-refractivity contribution in [3.63, 3.8) is 0 Å². The van der Waals surface area contributed by atoms with Gasteiger partial charge in [0.1, 0.15) is 0 Å². The van der Waals surface area contributed by atoms with Crippen molar-refractivity contribution in [2.45, 2.75) is 45.6 Å². The summed E-state index contributed by atoms with van der Waals surface area (Å²) in [6, 6.07) is 8.99. The van der Waals surface area contributed by atoms with Gasteiger partial charge in [0.2, 0.25) is 0 Å². The molecule has 2 N–H and O–H groups in total. The van der Waals surface area contributed by atoms with Gasteiger partial charge in [-0.25, -0.2) is 0 Å². The first-order valence-electron chi connectivity index (χ1n) is 6.46. The first-order valence-corrected chi connectivity index (χ1v) is 7.26. The van der Waals surface area contributed by atoms with Gasteiger partial charge in [0.15, 0.2) is 0 Å². The van der Waals surface area contributed by atoms with Crippen LogP contribution in [0, 0.1) is 11.3 Å². The summed E-state index contributed by atoms with van der Waals surface area (Å²) < 4.78 is 1.17. The Balaban J connectivity index is 2.06. The van der Waals surface area contributed by atoms with E-state index in [1.165, 1.54) is 29.3 Å². The van der Waals surface area contributed by atoms with Crippen LogP contribution in [0.4, 0.5) is 0 Å². The Labute approximate surface area is 113 Å². The summed E-state index contributed by atoms with van der Waals surface area (Å²) in [5.41, 5.74) is 8.14. The molecular weight excluding hydrogens is 274 g/mol. The molecular formula is C15H22BrN. The molecule has 2 atom stereocenters. The van der Waals surface area contributed by atoms with E-state index in [1.54, 1.807) is 0 Å². The molecule has 0 saturated heterocycles. The van der Waals surface area contributed by atoms with E-state index < -0.39 is 0 Å². The quantitative estimate of drug-likeness (QED) is 0.872. The standard InChI is InChI=1S/C15H22BrN/c1-15(2)7-6-14(17)12(10-15)8-11-4-3-5-13(16)9-11/h3-5,9,12,14H,6-8,10,17H2,1-2H3. The lowest BCUT2D eigenvalue weighted by Crippen LogP contribution is -2.40. The maximum absolute atomic E-state index is 6.27. The van der Waals surface area contributed by atoms with Crippen LogP contribution in [0.1, 0.15) is 38.7 Å². The average molecular weight is 296 g/mol. The molecule has 2 unspecified atom stereocenters. The zero-order chi connectivity index (χ0) is 12.5. The van der Waals surface area contributed by atoms with Gasteiger partial charge in [0.25, 0.3) is 0 Å². The summed E-state index contributed by atoms with van der Waals surface area (Å²) in [5.74, 6) is 0.632. The number of hydrogen-bond donors (Lipinski definition) is 1. The summed E-state index contributed by atoms with van der Waals surface area (Å²) in [7, 11) is 0. The van der Waals surface area contributed by atoms with Crippen LogP contribution in [-0.4, -0.2) is 6.04 Å². The van der Waals surface area contributed by atoms with Crippen molar-refractivity contribution in [2.24, 2.45) is 17.1 Å². The first-order chi connectivity index (χ1) is 7.96. The molecule has 17 heavy (non-hydrogen) atoms. The molecule has 0 aromatic heterocycles. The summed E-state index contributed by atoms with van der Waals surface area (Å²) >= 11 is 3.53. The third kappa shape index (κ3) is 3.56. The first kappa shape index (κ1) is 13.1. The van der Waals surface area contributed by atoms with Crippen molar-refractivity contribution in [3.05, 3.63) is 34.3 Å². The highest BCUT2D eigenvalue weighted by Crippen LogP contribution is 2.39. The lowest BCUT2D eigenvalue weighted by Gasteiger charge is -2.39. The van der Waals surface area contributed by atoms with Crippen LogP contribution in [0.2, 0.25) is 0 Å². The van der Waals surface area contributed by atoms with E-state index >= 15 is 0 Å². The van der Waals surface area contributed by atoms with Gasteiger partial charge in [-0.3, -0.25) is 0 Å². The zero-order valence-corrected chi connectivity index (χ0v) is 12.3. The van der Waals surface area contributed by atoms with E-state index in [4.69, 9.17) is 5.73 Å². The predicted molar refractivity (Wildman–Crippen MR) is 76.9 cm³/mol. The van der Waals surface area contributed by atoms with Crippen LogP contribution in [0.15, 0.2) is 28.7 Å². The highest BCUT2D eigenvalue weighted by Gasteiger charge is 2.32. The highest BCUT2D eigenvalue weighted by atomic mass is 79.9. The molecule has 0 heterocycles. The second-order valence-electron chi connectivity index (χ2n) is 6.16. The molecule has 1 aromatic carbocycles. The van der Waals surface area contributed by atoms with Crippen LogP contribution in [0.3, 0.4) is 0 Å². The number of hydrogen-bond acceptors (Lipinski definition) is 1. The van der Waals surface area contributed by atoms with Crippen LogP contribution in [-0.2, 0) is 6.42 Å². The lowest BCUT2D eigenvalue weighted by atomic mass is 9.68. The van der Waals surface area contributed by atoms with Gasteiger partial charge < -0.3 is 5.73 Å². The second-order valence-corrected chi connectivity index (χ2v) is 7.08. The number of nitrogens with two attached hydrogens (primary N) is 1. The monoisotopic (exact) mass is 295 g/mol. The van der Waals surface area contributed by atoms with E-state index in [2.05, 4.69) is 54.0 Å². The molecule has 1 aromatic rings. The number of benzene rings is 1. The van der Waals surface area contributed by atoms with E-state index in [-0.39, 0.29) is 0 Å². The van der Waals surface area contributed by atoms with Crippen molar-refractivity contribution in [1.82, 2.24) is 0 Å². The molecule has 1 nitrogen and oxygen atoms in total. The van der Waals surface area contributed by atoms with Gasteiger partial charge in [-0.05, 0) is 54.7 Å². The van der Waals surface area contributed by atoms with Gasteiger partial charge in [-0.1, -0.05) is 41.9 Å². The molecule has 2 rings (SSSR count). The van der Waals surface area contributed by atoms with Crippen LogP contribution in [0.25, 0.3) is 0 Å². The normalized spacial score (nSPS) is 28.0. The molecule has 94 valence electrons. The zero-order valence-electron chi connectivity index (χ0n) is 10.7. The Morgan fingerprint density at radius 3 is 2.88 bits per heavy atom. The predicted octanol–water partition coefficient (Wildman–Crippen LogP) is 4.15. The molecule has 0 amide bonds. The van der Waals surface area contributed by atoms with Crippen LogP contribution >= 0.6 is 15.9 Å². The Morgan fingerprint density at radius 2 is 2.18 bits per heavy atom. The molecule has 2 heteroatoms. The van der Waals surface area contributed by atoms with Crippen molar-refractivity contribution >= 4 is 15.9 Å². The fraction of sp³-hybridized carbons (Fsp3) is 0.600. The third-order valence-electron chi connectivity index (χ3n) is 3.96. The van der Waals surface area contributed by atoms with Gasteiger partial charge >= 0.3 is 0 Å². The molecule has 0 radical (unpaired) electrons. The van der Waals surface area contributed by atoms with Gasteiger partial charge in [0.05, 0.1) is 0 Å². The summed E-state index contributed by atoms with van der Waals surface area (Å²) in [6.07, 6.45) is 4.81. The smallest absolute Gasteiger partial charge is 0.0177 e. The summed E-state index contributed by atoms with van der Waals surface area (Å²) in [5, 5.41) is 0. The molecule has 1 fully saturated rings. The highest BCUT2D eigenvalue weighted by molar-refractivity contribution is 9.10. The molecule has 0 spiro atoms. The fourth-order valence-electron chi connectivity index (χ4n) is 2.95. The maximum atomic E-state index is 6.27. The summed E-state index contributed by atoms with van der Waals surface area (Å²) in [6.45, 7) is 4.74. The van der Waals surface area contributed by atoms with Gasteiger partial charge in [-0.15, -0.1) is 0 Å². The largest absolute Gasteiger partial charge is 0.327 e. The van der Waals surface area contributed by atoms with Crippen molar-refractivity contribution < 1.29 is 0 Å². The number of halogens is 1. The SMILES string of the molecule is CC1(C)CCC(N)C(Cc2cccc(Br)c2)C1. The summed E-state index contributed by atoms with van der Waals surface area (Å²) in [4.78, 5) is 0. The molecule has 1 aliphatic rings. The minimum atomic E-state index is 0.377. The molecule has 0 aliphatic heterocycles. The average Bonchev–Trinajstić information content (AvgIpc) is 2.23. The Kier molecular flexibility index (Phi) is 3.94. The van der Waals surface area contributed by atoms with E-state index in [0.29, 0.717) is 17.4 Å². The Hall–Kier alpha value is -0.340. The van der Waals surface area contributed by atoms with Crippen LogP contribution < -0.4 is 5.73 Å². The molecule has 1 aliphatic carbocycles. The Morgan fingerprint density at radius 1 is 1.41 bits per heavy atom. The van der Waals surface area contributed by atoms with E-state index in [9.17, 15) is 0 Å². The van der Waals surface area contributed by atoms with E-state index in [0.717, 1.165) is 6.42 Å². The van der Waals surface area contributed by atoms with E-state index in [1.807, 2.05) is 0 Å². The third-order valence-corrected chi connectivity index (χ3v) is 4.45. The topological polar surface area (TPSA) is 26.0 Å². The van der Waals surface area contributed by atoms with Crippen molar-refractivity contribution in [3.8, 4) is 0 Å². The molecule has 1 saturated carbocycles. The van der Waals surface area contributed by atoms with Crippen molar-refractivity contribution in [2.75, 3.05) is 0 Å².